The van der Waals surface area contributed by atoms with Crippen LogP contribution in [0.1, 0.15) is 32.3 Å². The fourth-order valence-electron chi connectivity index (χ4n) is 3.40. The van der Waals surface area contributed by atoms with Gasteiger partial charge in [0.15, 0.2) is 0 Å². The SMILES string of the molecule is CC(C)(CO)Cc1cn(CCOC2CCOCC2)c2ccc(Br)cc12. The van der Waals surface area contributed by atoms with Gasteiger partial charge in [0.25, 0.3) is 0 Å². The molecule has 1 N–H and O–H groups in total. The lowest BCUT2D eigenvalue weighted by atomic mass is 9.87. The first kappa shape index (κ1) is 18.9. The van der Waals surface area contributed by atoms with Crippen molar-refractivity contribution in [3.8, 4) is 0 Å². The van der Waals surface area contributed by atoms with Gasteiger partial charge in [-0.3, -0.25) is 0 Å². The normalized spacial score (nSPS) is 16.6. The lowest BCUT2D eigenvalue weighted by Crippen LogP contribution is -2.24. The summed E-state index contributed by atoms with van der Waals surface area (Å²) in [5, 5.41) is 10.9. The topological polar surface area (TPSA) is 43.6 Å². The Kier molecular flexibility index (Phi) is 6.21. The maximum absolute atomic E-state index is 9.63. The van der Waals surface area contributed by atoms with E-state index in [0.29, 0.717) is 12.7 Å². The van der Waals surface area contributed by atoms with Crippen LogP contribution in [-0.4, -0.2) is 42.2 Å². The minimum atomic E-state index is -0.125. The maximum atomic E-state index is 9.63. The van der Waals surface area contributed by atoms with E-state index in [1.165, 1.54) is 16.5 Å². The van der Waals surface area contributed by atoms with Crippen molar-refractivity contribution < 1.29 is 14.6 Å². The Morgan fingerprint density at radius 3 is 2.80 bits per heavy atom. The molecule has 1 aromatic carbocycles. The number of fused-ring (bicyclic) bond motifs is 1. The van der Waals surface area contributed by atoms with E-state index in [4.69, 9.17) is 9.47 Å². The Balaban J connectivity index is 1.75. The molecule has 25 heavy (non-hydrogen) atoms. The van der Waals surface area contributed by atoms with Gasteiger partial charge in [0.05, 0.1) is 12.7 Å². The molecule has 1 saturated heterocycles. The molecule has 2 heterocycles. The van der Waals surface area contributed by atoms with Crippen molar-refractivity contribution in [2.75, 3.05) is 26.4 Å². The quantitative estimate of drug-likeness (QED) is 0.746. The molecule has 0 unspecified atom stereocenters. The van der Waals surface area contributed by atoms with Gasteiger partial charge in [-0.2, -0.15) is 0 Å². The van der Waals surface area contributed by atoms with Gasteiger partial charge in [0.2, 0.25) is 0 Å². The molecule has 5 heteroatoms. The summed E-state index contributed by atoms with van der Waals surface area (Å²) in [6.45, 7) is 7.56. The predicted molar refractivity (Wildman–Crippen MR) is 104 cm³/mol. The third kappa shape index (κ3) is 4.85. The number of aromatic nitrogens is 1. The largest absolute Gasteiger partial charge is 0.396 e. The molecule has 0 amide bonds. The molecule has 0 aliphatic carbocycles. The molecule has 138 valence electrons. The van der Waals surface area contributed by atoms with Crippen LogP contribution in [-0.2, 0) is 22.4 Å². The molecule has 4 nitrogen and oxygen atoms in total. The molecule has 1 aliphatic heterocycles. The van der Waals surface area contributed by atoms with Gasteiger partial charge >= 0.3 is 0 Å². The molecule has 2 aromatic rings. The van der Waals surface area contributed by atoms with E-state index in [2.05, 4.69) is 58.7 Å². The average molecular weight is 410 g/mol. The molecule has 0 spiro atoms. The average Bonchev–Trinajstić information content (AvgIpc) is 2.92. The summed E-state index contributed by atoms with van der Waals surface area (Å²) in [7, 11) is 0. The molecular formula is C20H28BrNO3. The van der Waals surface area contributed by atoms with Crippen molar-refractivity contribution in [3.63, 3.8) is 0 Å². The van der Waals surface area contributed by atoms with E-state index in [1.54, 1.807) is 0 Å². The van der Waals surface area contributed by atoms with Crippen molar-refractivity contribution in [1.82, 2.24) is 4.57 Å². The van der Waals surface area contributed by atoms with Gasteiger partial charge in [-0.1, -0.05) is 29.8 Å². The number of hydrogen-bond acceptors (Lipinski definition) is 3. The molecule has 1 fully saturated rings. The number of aliphatic hydroxyl groups is 1. The van der Waals surface area contributed by atoms with Gasteiger partial charge in [-0.25, -0.2) is 0 Å². The summed E-state index contributed by atoms with van der Waals surface area (Å²) in [4.78, 5) is 0. The smallest absolute Gasteiger partial charge is 0.0649 e. The number of benzene rings is 1. The summed E-state index contributed by atoms with van der Waals surface area (Å²) >= 11 is 3.58. The third-order valence-electron chi connectivity index (χ3n) is 4.88. The van der Waals surface area contributed by atoms with Crippen LogP contribution in [0, 0.1) is 5.41 Å². The minimum Gasteiger partial charge on any atom is -0.396 e. The lowest BCUT2D eigenvalue weighted by Gasteiger charge is -2.22. The number of rotatable bonds is 7. The van der Waals surface area contributed by atoms with Crippen molar-refractivity contribution in [1.29, 1.82) is 0 Å². The Labute approximate surface area is 158 Å². The van der Waals surface area contributed by atoms with Crippen LogP contribution in [0.25, 0.3) is 10.9 Å². The summed E-state index contributed by atoms with van der Waals surface area (Å²) < 4.78 is 14.8. The molecule has 0 radical (unpaired) electrons. The number of aliphatic hydroxyl groups excluding tert-OH is 1. The van der Waals surface area contributed by atoms with E-state index in [1.807, 2.05) is 0 Å². The van der Waals surface area contributed by atoms with E-state index >= 15 is 0 Å². The van der Waals surface area contributed by atoms with Gasteiger partial charge in [-0.05, 0) is 48.4 Å². The zero-order chi connectivity index (χ0) is 17.9. The first-order chi connectivity index (χ1) is 12.0. The standard InChI is InChI=1S/C20H28BrNO3/c1-20(2,14-23)12-15-13-22(19-4-3-16(21)11-18(15)19)7-10-25-17-5-8-24-9-6-17/h3-4,11,13,17,23H,5-10,12,14H2,1-2H3. The Hall–Kier alpha value is -0.880. The molecular weight excluding hydrogens is 382 g/mol. The van der Waals surface area contributed by atoms with E-state index in [9.17, 15) is 5.11 Å². The second-order valence-electron chi connectivity index (χ2n) is 7.69. The van der Waals surface area contributed by atoms with Gasteiger partial charge in [-0.15, -0.1) is 0 Å². The van der Waals surface area contributed by atoms with Crippen molar-refractivity contribution in [3.05, 3.63) is 34.4 Å². The van der Waals surface area contributed by atoms with Crippen LogP contribution in [0.4, 0.5) is 0 Å². The van der Waals surface area contributed by atoms with Gasteiger partial charge in [0, 0.05) is 47.9 Å². The number of halogens is 1. The van der Waals surface area contributed by atoms with Crippen LogP contribution in [0.5, 0.6) is 0 Å². The zero-order valence-electron chi connectivity index (χ0n) is 15.1. The summed E-state index contributed by atoms with van der Waals surface area (Å²) in [5.41, 5.74) is 2.38. The first-order valence-electron chi connectivity index (χ1n) is 9.06. The highest BCUT2D eigenvalue weighted by molar-refractivity contribution is 9.10. The predicted octanol–water partition coefficient (Wildman–Crippen LogP) is 4.16. The monoisotopic (exact) mass is 409 g/mol. The van der Waals surface area contributed by atoms with Crippen LogP contribution in [0.15, 0.2) is 28.9 Å². The summed E-state index contributed by atoms with van der Waals surface area (Å²) in [6, 6.07) is 6.41. The van der Waals surface area contributed by atoms with Crippen molar-refractivity contribution in [2.45, 2.75) is 45.8 Å². The van der Waals surface area contributed by atoms with E-state index in [0.717, 1.165) is 43.5 Å². The molecule has 1 aliphatic rings. The van der Waals surface area contributed by atoms with Gasteiger partial charge in [0.1, 0.15) is 0 Å². The van der Waals surface area contributed by atoms with Crippen molar-refractivity contribution >= 4 is 26.8 Å². The Morgan fingerprint density at radius 2 is 2.08 bits per heavy atom. The fraction of sp³-hybridized carbons (Fsp3) is 0.600. The third-order valence-corrected chi connectivity index (χ3v) is 5.37. The molecule has 0 atom stereocenters. The highest BCUT2D eigenvalue weighted by Gasteiger charge is 2.21. The van der Waals surface area contributed by atoms with Crippen LogP contribution < -0.4 is 0 Å². The highest BCUT2D eigenvalue weighted by atomic mass is 79.9. The number of ether oxygens (including phenoxy) is 2. The second kappa shape index (κ2) is 8.21. The van der Waals surface area contributed by atoms with Crippen LogP contribution in [0.2, 0.25) is 0 Å². The number of nitrogens with zero attached hydrogens (tertiary/aromatic N) is 1. The molecule has 3 rings (SSSR count). The van der Waals surface area contributed by atoms with Gasteiger partial charge < -0.3 is 19.1 Å². The second-order valence-corrected chi connectivity index (χ2v) is 8.61. The maximum Gasteiger partial charge on any atom is 0.0649 e. The minimum absolute atomic E-state index is 0.125. The Bertz CT molecular complexity index is 704. The summed E-state index contributed by atoms with van der Waals surface area (Å²) in [6.07, 6.45) is 5.40. The molecule has 0 bridgehead atoms. The van der Waals surface area contributed by atoms with Crippen molar-refractivity contribution in [2.24, 2.45) is 5.41 Å². The first-order valence-corrected chi connectivity index (χ1v) is 9.85. The van der Waals surface area contributed by atoms with E-state index < -0.39 is 0 Å². The van der Waals surface area contributed by atoms with Crippen LogP contribution in [0.3, 0.4) is 0 Å². The van der Waals surface area contributed by atoms with E-state index in [-0.39, 0.29) is 12.0 Å². The van der Waals surface area contributed by atoms with Crippen LogP contribution >= 0.6 is 15.9 Å². The molecule has 0 saturated carbocycles. The Morgan fingerprint density at radius 1 is 1.32 bits per heavy atom. The zero-order valence-corrected chi connectivity index (χ0v) is 16.7. The highest BCUT2D eigenvalue weighted by Crippen LogP contribution is 2.30. The fourth-order valence-corrected chi connectivity index (χ4v) is 3.76. The summed E-state index contributed by atoms with van der Waals surface area (Å²) in [5.74, 6) is 0. The molecule has 1 aromatic heterocycles. The number of hydrogen-bond donors (Lipinski definition) is 1. The lowest BCUT2D eigenvalue weighted by molar-refractivity contribution is -0.0336.